The molecule has 0 bridgehead atoms. The Morgan fingerprint density at radius 3 is 1.58 bits per heavy atom. The standard InChI is InChI=1S/C26H46O4S/c1-3-4-5-6-7-8-9-10-11-12-13-14-15-16-22-29-23-17-24-30-31(27,28)26-20-18-25(2)19-21-26/h18-21H,3-17,22-24H2,1-2H3. The van der Waals surface area contributed by atoms with Crippen LogP contribution in [0.3, 0.4) is 0 Å². The molecule has 1 rings (SSSR count). The number of rotatable bonds is 21. The van der Waals surface area contributed by atoms with Crippen molar-refractivity contribution in [3.05, 3.63) is 29.8 Å². The van der Waals surface area contributed by atoms with Gasteiger partial charge in [0.05, 0.1) is 11.5 Å². The van der Waals surface area contributed by atoms with Crippen LogP contribution in [0.25, 0.3) is 0 Å². The number of benzene rings is 1. The Morgan fingerprint density at radius 2 is 1.06 bits per heavy atom. The second-order valence-corrected chi connectivity index (χ2v) is 10.3. The molecule has 4 nitrogen and oxygen atoms in total. The topological polar surface area (TPSA) is 52.6 Å². The van der Waals surface area contributed by atoms with Gasteiger partial charge in [0.2, 0.25) is 0 Å². The van der Waals surface area contributed by atoms with Crippen LogP contribution in [0.5, 0.6) is 0 Å². The van der Waals surface area contributed by atoms with Gasteiger partial charge in [-0.2, -0.15) is 8.42 Å². The van der Waals surface area contributed by atoms with Gasteiger partial charge in [-0.25, -0.2) is 0 Å². The van der Waals surface area contributed by atoms with E-state index in [4.69, 9.17) is 8.92 Å². The molecule has 0 fully saturated rings. The molecule has 0 amide bonds. The van der Waals surface area contributed by atoms with Crippen LogP contribution in [0.2, 0.25) is 0 Å². The number of hydrogen-bond acceptors (Lipinski definition) is 4. The molecule has 0 N–H and O–H groups in total. The summed E-state index contributed by atoms with van der Waals surface area (Å²) in [5.41, 5.74) is 1.02. The monoisotopic (exact) mass is 454 g/mol. The summed E-state index contributed by atoms with van der Waals surface area (Å²) in [5.74, 6) is 0. The summed E-state index contributed by atoms with van der Waals surface area (Å²) in [6.07, 6.45) is 19.5. The Labute approximate surface area is 192 Å². The second kappa shape index (κ2) is 18.6. The third kappa shape index (κ3) is 15.5. The number of unbranched alkanes of at least 4 members (excludes halogenated alkanes) is 13. The minimum atomic E-state index is -3.66. The molecule has 0 aliphatic rings. The first-order valence-corrected chi connectivity index (χ1v) is 14.0. The minimum absolute atomic E-state index is 0.162. The summed E-state index contributed by atoms with van der Waals surface area (Å²) in [6.45, 7) is 5.65. The average molecular weight is 455 g/mol. The van der Waals surface area contributed by atoms with E-state index in [1.807, 2.05) is 6.92 Å². The van der Waals surface area contributed by atoms with Crippen molar-refractivity contribution in [2.24, 2.45) is 0 Å². The van der Waals surface area contributed by atoms with Gasteiger partial charge in [-0.05, 0) is 31.9 Å². The normalized spacial score (nSPS) is 11.8. The SMILES string of the molecule is CCCCCCCCCCCCCCCCOCCCOS(=O)(=O)c1ccc(C)cc1. The molecular formula is C26H46O4S. The lowest BCUT2D eigenvalue weighted by Gasteiger charge is -2.07. The summed E-state index contributed by atoms with van der Waals surface area (Å²) in [7, 11) is -3.66. The molecule has 0 saturated carbocycles. The van der Waals surface area contributed by atoms with Crippen LogP contribution in [0.4, 0.5) is 0 Å². The van der Waals surface area contributed by atoms with Crippen LogP contribution in [-0.4, -0.2) is 28.2 Å². The fraction of sp³-hybridized carbons (Fsp3) is 0.769. The van der Waals surface area contributed by atoms with Gasteiger partial charge in [0.1, 0.15) is 0 Å². The molecule has 0 atom stereocenters. The Kier molecular flexibility index (Phi) is 16.9. The van der Waals surface area contributed by atoms with Crippen LogP contribution >= 0.6 is 0 Å². The minimum Gasteiger partial charge on any atom is -0.381 e. The summed E-state index contributed by atoms with van der Waals surface area (Å²) in [5, 5.41) is 0. The summed E-state index contributed by atoms with van der Waals surface area (Å²) >= 11 is 0. The van der Waals surface area contributed by atoms with E-state index in [2.05, 4.69) is 6.92 Å². The highest BCUT2D eigenvalue weighted by Crippen LogP contribution is 2.14. The van der Waals surface area contributed by atoms with Crippen LogP contribution in [0.15, 0.2) is 29.2 Å². The molecule has 0 aliphatic carbocycles. The Bertz CT molecular complexity index is 625. The molecule has 0 spiro atoms. The molecule has 0 unspecified atom stereocenters. The van der Waals surface area contributed by atoms with Gasteiger partial charge in [0, 0.05) is 13.2 Å². The number of aryl methyl sites for hydroxylation is 1. The predicted molar refractivity (Wildman–Crippen MR) is 130 cm³/mol. The predicted octanol–water partition coefficient (Wildman–Crippen LogP) is 7.59. The van der Waals surface area contributed by atoms with Gasteiger partial charge in [-0.1, -0.05) is 108 Å². The van der Waals surface area contributed by atoms with E-state index >= 15 is 0 Å². The van der Waals surface area contributed by atoms with E-state index in [1.165, 1.54) is 83.5 Å². The molecule has 1 aromatic rings. The zero-order valence-corrected chi connectivity index (χ0v) is 20.9. The van der Waals surface area contributed by atoms with Gasteiger partial charge in [0.15, 0.2) is 0 Å². The largest absolute Gasteiger partial charge is 0.381 e. The molecule has 180 valence electrons. The maximum Gasteiger partial charge on any atom is 0.296 e. The van der Waals surface area contributed by atoms with E-state index in [1.54, 1.807) is 24.3 Å². The smallest absolute Gasteiger partial charge is 0.296 e. The lowest BCUT2D eigenvalue weighted by molar-refractivity contribution is 0.116. The van der Waals surface area contributed by atoms with Crippen molar-refractivity contribution in [3.63, 3.8) is 0 Å². The van der Waals surface area contributed by atoms with E-state index < -0.39 is 10.1 Å². The highest BCUT2D eigenvalue weighted by Gasteiger charge is 2.14. The van der Waals surface area contributed by atoms with Crippen molar-refractivity contribution >= 4 is 10.1 Å². The molecule has 0 aliphatic heterocycles. The highest BCUT2D eigenvalue weighted by molar-refractivity contribution is 7.86. The highest BCUT2D eigenvalue weighted by atomic mass is 32.2. The summed E-state index contributed by atoms with van der Waals surface area (Å²) in [6, 6.07) is 6.71. The van der Waals surface area contributed by atoms with Gasteiger partial charge < -0.3 is 4.74 Å². The molecule has 0 saturated heterocycles. The zero-order chi connectivity index (χ0) is 22.6. The fourth-order valence-electron chi connectivity index (χ4n) is 3.60. The average Bonchev–Trinajstić information content (AvgIpc) is 2.75. The molecule has 0 aromatic heterocycles. The van der Waals surface area contributed by atoms with Gasteiger partial charge >= 0.3 is 0 Å². The number of ether oxygens (including phenoxy) is 1. The second-order valence-electron chi connectivity index (χ2n) is 8.65. The summed E-state index contributed by atoms with van der Waals surface area (Å²) < 4.78 is 34.8. The number of hydrogen-bond donors (Lipinski definition) is 0. The lowest BCUT2D eigenvalue weighted by atomic mass is 10.0. The zero-order valence-electron chi connectivity index (χ0n) is 20.1. The maximum absolute atomic E-state index is 12.1. The van der Waals surface area contributed by atoms with Gasteiger partial charge in [0.25, 0.3) is 10.1 Å². The van der Waals surface area contributed by atoms with Crippen molar-refractivity contribution in [2.75, 3.05) is 19.8 Å². The third-order valence-corrected chi connectivity index (χ3v) is 6.95. The first-order valence-electron chi connectivity index (χ1n) is 12.6. The van der Waals surface area contributed by atoms with E-state index in [0.29, 0.717) is 13.0 Å². The molecule has 31 heavy (non-hydrogen) atoms. The van der Waals surface area contributed by atoms with Crippen molar-refractivity contribution in [2.45, 2.75) is 115 Å². The van der Waals surface area contributed by atoms with Gasteiger partial charge in [-0.3, -0.25) is 4.18 Å². The Morgan fingerprint density at radius 1 is 0.613 bits per heavy atom. The van der Waals surface area contributed by atoms with Crippen molar-refractivity contribution < 1.29 is 17.3 Å². The van der Waals surface area contributed by atoms with E-state index in [9.17, 15) is 8.42 Å². The Hall–Kier alpha value is -0.910. The molecule has 5 heteroatoms. The van der Waals surface area contributed by atoms with Crippen LogP contribution < -0.4 is 0 Å². The van der Waals surface area contributed by atoms with Crippen molar-refractivity contribution in [1.29, 1.82) is 0 Å². The van der Waals surface area contributed by atoms with E-state index in [-0.39, 0.29) is 11.5 Å². The first kappa shape index (κ1) is 28.1. The molecular weight excluding hydrogens is 408 g/mol. The van der Waals surface area contributed by atoms with Crippen LogP contribution in [0, 0.1) is 6.92 Å². The van der Waals surface area contributed by atoms with Crippen LogP contribution in [0.1, 0.15) is 109 Å². The summed E-state index contributed by atoms with van der Waals surface area (Å²) in [4.78, 5) is 0.210. The van der Waals surface area contributed by atoms with Crippen molar-refractivity contribution in [1.82, 2.24) is 0 Å². The maximum atomic E-state index is 12.1. The lowest BCUT2D eigenvalue weighted by Crippen LogP contribution is -2.09. The third-order valence-electron chi connectivity index (χ3n) is 5.62. The quantitative estimate of drug-likeness (QED) is 0.142. The Balaban J connectivity index is 1.82. The molecule has 0 radical (unpaired) electrons. The molecule has 0 heterocycles. The van der Waals surface area contributed by atoms with Gasteiger partial charge in [-0.15, -0.1) is 0 Å². The first-order chi connectivity index (χ1) is 15.1. The van der Waals surface area contributed by atoms with E-state index in [0.717, 1.165) is 18.6 Å². The van der Waals surface area contributed by atoms with Crippen molar-refractivity contribution in [3.8, 4) is 0 Å². The van der Waals surface area contributed by atoms with Crippen LogP contribution in [-0.2, 0) is 19.0 Å². The molecule has 1 aromatic carbocycles. The fourth-order valence-corrected chi connectivity index (χ4v) is 4.55.